The predicted molar refractivity (Wildman–Crippen MR) is 233 cm³/mol. The van der Waals surface area contributed by atoms with Crippen molar-refractivity contribution in [2.75, 3.05) is 0 Å². The second kappa shape index (κ2) is 10.3. The molecule has 0 saturated carbocycles. The van der Waals surface area contributed by atoms with E-state index in [1.54, 1.807) is 0 Å². The number of para-hydroxylation sites is 3. The Balaban J connectivity index is 1.33. The number of nitrogens with zero attached hydrogens (tertiary/aromatic N) is 2. The van der Waals surface area contributed by atoms with Crippen molar-refractivity contribution in [2.24, 2.45) is 0 Å². The molecule has 5 heteroatoms. The first-order valence-electron chi connectivity index (χ1n) is 19.5. The Hall–Kier alpha value is -6.20. The molecule has 0 amide bonds. The summed E-state index contributed by atoms with van der Waals surface area (Å²) >= 11 is 0. The SMILES string of the molecule is CC(C)(C)c1ccc2c3ccc(C(C)(C)C)cc3n(B3c4ccccc4-n4c5ccc6c7ccccc7oc6c5c5c6oc7ccccc7c6cc3c54)c2c1. The van der Waals surface area contributed by atoms with E-state index in [1.807, 2.05) is 0 Å². The first-order valence-corrected chi connectivity index (χ1v) is 19.5. The molecule has 0 N–H and O–H groups in total. The lowest BCUT2D eigenvalue weighted by atomic mass is 9.48. The molecule has 1 aliphatic heterocycles. The van der Waals surface area contributed by atoms with Gasteiger partial charge in [-0.25, -0.2) is 0 Å². The number of hydrogen-bond donors (Lipinski definition) is 0. The van der Waals surface area contributed by atoms with Gasteiger partial charge >= 0.3 is 6.85 Å². The number of furan rings is 2. The minimum absolute atomic E-state index is 0.0111. The second-order valence-corrected chi connectivity index (χ2v) is 17.7. The van der Waals surface area contributed by atoms with Crippen molar-refractivity contribution < 1.29 is 8.83 Å². The highest BCUT2D eigenvalue weighted by Crippen LogP contribution is 2.46. The summed E-state index contributed by atoms with van der Waals surface area (Å²) in [6, 6.07) is 47.2. The summed E-state index contributed by atoms with van der Waals surface area (Å²) < 4.78 is 18.9. The van der Waals surface area contributed by atoms with E-state index in [1.165, 1.54) is 55.1 Å². The quantitative estimate of drug-likeness (QED) is 0.159. The van der Waals surface area contributed by atoms with Crippen LogP contribution in [0, 0.1) is 0 Å². The first-order chi connectivity index (χ1) is 26.6. The molecule has 0 atom stereocenters. The van der Waals surface area contributed by atoms with Crippen molar-refractivity contribution in [3.63, 3.8) is 0 Å². The summed E-state index contributed by atoms with van der Waals surface area (Å²) in [7, 11) is 0. The molecular weight excluding hydrogens is 671 g/mol. The maximum absolute atomic E-state index is 6.93. The van der Waals surface area contributed by atoms with E-state index >= 15 is 0 Å². The van der Waals surface area contributed by atoms with Crippen molar-refractivity contribution >= 4 is 105 Å². The van der Waals surface area contributed by atoms with Gasteiger partial charge in [0, 0.05) is 49.0 Å². The molecular formula is C50H39BN2O2. The zero-order valence-corrected chi connectivity index (χ0v) is 31.9. The number of benzene rings is 7. The van der Waals surface area contributed by atoms with E-state index < -0.39 is 0 Å². The van der Waals surface area contributed by atoms with Gasteiger partial charge in [-0.05, 0) is 75.3 Å². The highest BCUT2D eigenvalue weighted by Gasteiger charge is 2.39. The smallest absolute Gasteiger partial charge is 0.332 e. The molecule has 11 aromatic rings. The lowest BCUT2D eigenvalue weighted by Crippen LogP contribution is -2.53. The van der Waals surface area contributed by atoms with Gasteiger partial charge in [0.2, 0.25) is 0 Å². The highest BCUT2D eigenvalue weighted by molar-refractivity contribution is 6.88. The molecule has 55 heavy (non-hydrogen) atoms. The van der Waals surface area contributed by atoms with Gasteiger partial charge < -0.3 is 17.9 Å². The second-order valence-electron chi connectivity index (χ2n) is 17.7. The zero-order valence-electron chi connectivity index (χ0n) is 31.9. The molecule has 1 aliphatic rings. The molecule has 0 spiro atoms. The standard InChI is InChI=1S/C50H39BN2O2/c1-49(2,3)28-19-21-30-31-22-20-29(50(4,5)6)26-41(31)53(40(30)25-28)51-36-15-9-10-16-38(36)52-39-24-23-34-32-13-7-11-17-42(32)54-47(34)44(39)45-46(52)37(51)27-35-33-14-8-12-18-43(33)55-48(35)45/h7-27H,1-6H3. The van der Waals surface area contributed by atoms with Crippen LogP contribution in [0.5, 0.6) is 0 Å². The van der Waals surface area contributed by atoms with Crippen LogP contribution in [0.3, 0.4) is 0 Å². The van der Waals surface area contributed by atoms with Gasteiger partial charge in [0.05, 0.1) is 21.8 Å². The van der Waals surface area contributed by atoms with Crippen LogP contribution in [-0.2, 0) is 10.8 Å². The molecule has 12 rings (SSSR count). The van der Waals surface area contributed by atoms with Crippen molar-refractivity contribution in [1.29, 1.82) is 0 Å². The molecule has 0 bridgehead atoms. The minimum atomic E-state index is -0.120. The Kier molecular flexibility index (Phi) is 5.84. The fraction of sp³-hybridized carbons (Fsp3) is 0.160. The Morgan fingerprint density at radius 2 is 1.00 bits per heavy atom. The van der Waals surface area contributed by atoms with E-state index in [4.69, 9.17) is 8.83 Å². The largest absolute Gasteiger partial charge is 0.455 e. The van der Waals surface area contributed by atoms with Gasteiger partial charge in [-0.15, -0.1) is 0 Å². The Bertz CT molecular complexity index is 3390. The molecule has 0 radical (unpaired) electrons. The van der Waals surface area contributed by atoms with E-state index in [9.17, 15) is 0 Å². The van der Waals surface area contributed by atoms with Crippen LogP contribution >= 0.6 is 0 Å². The number of hydrogen-bond acceptors (Lipinski definition) is 2. The molecule has 5 heterocycles. The van der Waals surface area contributed by atoms with Crippen molar-refractivity contribution in [3.05, 3.63) is 139 Å². The zero-order chi connectivity index (χ0) is 37.1. The molecule has 0 aliphatic carbocycles. The van der Waals surface area contributed by atoms with Gasteiger partial charge in [-0.3, -0.25) is 0 Å². The normalized spacial score (nSPS) is 13.6. The van der Waals surface area contributed by atoms with Crippen LogP contribution in [-0.4, -0.2) is 15.9 Å². The van der Waals surface area contributed by atoms with Gasteiger partial charge in [-0.2, -0.15) is 0 Å². The molecule has 264 valence electrons. The fourth-order valence-electron chi connectivity index (χ4n) is 9.75. The minimum Gasteiger partial charge on any atom is -0.455 e. The van der Waals surface area contributed by atoms with Crippen LogP contribution < -0.4 is 10.9 Å². The third-order valence-electron chi connectivity index (χ3n) is 12.5. The lowest BCUT2D eigenvalue weighted by Gasteiger charge is -2.29. The Morgan fingerprint density at radius 1 is 0.455 bits per heavy atom. The molecule has 4 nitrogen and oxygen atoms in total. The van der Waals surface area contributed by atoms with E-state index in [-0.39, 0.29) is 17.7 Å². The number of fused-ring (bicyclic) bond motifs is 16. The van der Waals surface area contributed by atoms with Gasteiger partial charge in [0.15, 0.2) is 0 Å². The molecule has 0 unspecified atom stereocenters. The summed E-state index contributed by atoms with van der Waals surface area (Å²) in [6.07, 6.45) is 0. The number of rotatable bonds is 1. The van der Waals surface area contributed by atoms with E-state index in [0.717, 1.165) is 60.2 Å². The summed E-state index contributed by atoms with van der Waals surface area (Å²) in [5.41, 5.74) is 14.7. The topological polar surface area (TPSA) is 36.1 Å². The summed E-state index contributed by atoms with van der Waals surface area (Å²) in [5.74, 6) is 0. The summed E-state index contributed by atoms with van der Waals surface area (Å²) in [6.45, 7) is 13.8. The monoisotopic (exact) mass is 710 g/mol. The van der Waals surface area contributed by atoms with Crippen LogP contribution in [0.15, 0.2) is 136 Å². The molecule has 4 aromatic heterocycles. The van der Waals surface area contributed by atoms with Gasteiger partial charge in [0.1, 0.15) is 22.3 Å². The first kappa shape index (κ1) is 31.2. The van der Waals surface area contributed by atoms with Crippen LogP contribution in [0.25, 0.3) is 93.2 Å². The van der Waals surface area contributed by atoms with Crippen molar-refractivity contribution in [2.45, 2.75) is 52.4 Å². The average Bonchev–Trinajstić information content (AvgIpc) is 3.92. The predicted octanol–water partition coefficient (Wildman–Crippen LogP) is 12.3. The average molecular weight is 711 g/mol. The molecule has 7 aromatic carbocycles. The fourth-order valence-corrected chi connectivity index (χ4v) is 9.75. The summed E-state index contributed by atoms with van der Waals surface area (Å²) in [5, 5.41) is 9.25. The van der Waals surface area contributed by atoms with Gasteiger partial charge in [-0.1, -0.05) is 126 Å². The number of aromatic nitrogens is 2. The van der Waals surface area contributed by atoms with E-state index in [2.05, 4.69) is 178 Å². The van der Waals surface area contributed by atoms with Crippen LogP contribution in [0.4, 0.5) is 0 Å². The molecule has 0 fully saturated rings. The van der Waals surface area contributed by atoms with E-state index in [0.29, 0.717) is 0 Å². The van der Waals surface area contributed by atoms with Crippen molar-refractivity contribution in [3.8, 4) is 5.69 Å². The lowest BCUT2D eigenvalue weighted by molar-refractivity contribution is 0.591. The molecule has 0 saturated heterocycles. The highest BCUT2D eigenvalue weighted by atomic mass is 16.3. The van der Waals surface area contributed by atoms with Gasteiger partial charge in [0.25, 0.3) is 0 Å². The Morgan fingerprint density at radius 3 is 1.64 bits per heavy atom. The van der Waals surface area contributed by atoms with Crippen LogP contribution in [0.2, 0.25) is 0 Å². The summed E-state index contributed by atoms with van der Waals surface area (Å²) in [4.78, 5) is 0. The maximum atomic E-state index is 6.93. The third-order valence-corrected chi connectivity index (χ3v) is 12.5. The maximum Gasteiger partial charge on any atom is 0.332 e. The van der Waals surface area contributed by atoms with Crippen molar-refractivity contribution in [1.82, 2.24) is 9.05 Å². The third kappa shape index (κ3) is 4.03. The van der Waals surface area contributed by atoms with Crippen LogP contribution in [0.1, 0.15) is 52.7 Å². The Labute approximate surface area is 318 Å².